The van der Waals surface area contributed by atoms with Gasteiger partial charge in [0.2, 0.25) is 5.91 Å². The number of carbonyl (C=O) groups excluding carboxylic acids is 1. The van der Waals surface area contributed by atoms with Crippen molar-refractivity contribution in [3.05, 3.63) is 24.3 Å². The van der Waals surface area contributed by atoms with Gasteiger partial charge in [-0.05, 0) is 32.1 Å². The van der Waals surface area contributed by atoms with E-state index in [2.05, 4.69) is 31.3 Å². The molecule has 0 saturated carbocycles. The van der Waals surface area contributed by atoms with Crippen LogP contribution < -0.4 is 5.32 Å². The number of unbranched alkanes of at least 4 members (excludes halogenated alkanes) is 65. The first-order valence-electron chi connectivity index (χ1n) is 39.1. The van der Waals surface area contributed by atoms with Crippen molar-refractivity contribution in [1.29, 1.82) is 0 Å². The molecule has 0 heterocycles. The lowest BCUT2D eigenvalue weighted by molar-refractivity contribution is -0.123. The van der Waals surface area contributed by atoms with Gasteiger partial charge in [-0.2, -0.15) is 0 Å². The zero-order chi connectivity index (χ0) is 59.8. The minimum atomic E-state index is -0.862. The molecule has 0 aliphatic rings. The molecule has 2 unspecified atom stereocenters. The minimum absolute atomic E-state index is 0.0629. The Bertz CT molecular complexity index is 1230. The van der Waals surface area contributed by atoms with Gasteiger partial charge in [0.25, 0.3) is 0 Å². The number of amides is 1. The topological polar surface area (TPSA) is 69.6 Å². The van der Waals surface area contributed by atoms with E-state index in [9.17, 15) is 15.0 Å². The van der Waals surface area contributed by atoms with Crippen LogP contribution in [-0.2, 0) is 4.79 Å². The number of hydrogen-bond donors (Lipinski definition) is 3. The Balaban J connectivity index is 3.39. The van der Waals surface area contributed by atoms with Gasteiger partial charge in [-0.25, -0.2) is 0 Å². The van der Waals surface area contributed by atoms with E-state index >= 15 is 0 Å². The van der Waals surface area contributed by atoms with E-state index in [1.165, 1.54) is 405 Å². The summed E-state index contributed by atoms with van der Waals surface area (Å²) in [4.78, 5) is 12.6. The van der Waals surface area contributed by atoms with Crippen molar-refractivity contribution in [1.82, 2.24) is 5.32 Å². The maximum Gasteiger partial charge on any atom is 0.220 e. The fourth-order valence-electron chi connectivity index (χ4n) is 12.8. The van der Waals surface area contributed by atoms with Gasteiger partial charge < -0.3 is 15.5 Å². The molecule has 0 radical (unpaired) electrons. The standard InChI is InChI=1S/C79H155NO3/c1-3-5-7-9-11-13-15-17-19-21-23-25-27-29-31-33-35-37-38-39-40-41-43-45-47-49-51-53-55-57-59-61-63-65-67-69-71-73-75-79(83)80-77(76-81)78(82)74-72-70-68-66-64-62-60-58-56-54-52-50-48-46-44-42-36-34-32-30-28-26-24-22-20-18-16-14-12-10-8-6-4-2/h64,66,72,74,77-78,81-82H,3-63,65,67-71,73,75-76H2,1-2H3,(H,80,83)/b66-64+,74-72+. The fourth-order valence-corrected chi connectivity index (χ4v) is 12.8. The Morgan fingerprint density at radius 3 is 0.699 bits per heavy atom. The van der Waals surface area contributed by atoms with Crippen LogP contribution in [0.15, 0.2) is 24.3 Å². The van der Waals surface area contributed by atoms with E-state index in [0.717, 1.165) is 32.1 Å². The van der Waals surface area contributed by atoms with Gasteiger partial charge in [0.1, 0.15) is 0 Å². The minimum Gasteiger partial charge on any atom is -0.394 e. The van der Waals surface area contributed by atoms with E-state index in [1.54, 1.807) is 6.08 Å². The first-order valence-corrected chi connectivity index (χ1v) is 39.1. The molecule has 4 heteroatoms. The lowest BCUT2D eigenvalue weighted by Gasteiger charge is -2.19. The number of rotatable bonds is 74. The first kappa shape index (κ1) is 81.9. The molecule has 3 N–H and O–H groups in total. The first-order chi connectivity index (χ1) is 41.2. The number of allylic oxidation sites excluding steroid dienone is 3. The molecule has 0 saturated heterocycles. The maximum absolute atomic E-state index is 12.6. The summed E-state index contributed by atoms with van der Waals surface area (Å²) < 4.78 is 0. The van der Waals surface area contributed by atoms with Gasteiger partial charge in [0, 0.05) is 6.42 Å². The summed E-state index contributed by atoms with van der Waals surface area (Å²) in [5.74, 6) is -0.0629. The van der Waals surface area contributed by atoms with Crippen LogP contribution >= 0.6 is 0 Å². The largest absolute Gasteiger partial charge is 0.394 e. The smallest absolute Gasteiger partial charge is 0.220 e. The summed E-state index contributed by atoms with van der Waals surface area (Å²) in [6, 6.07) is -0.639. The van der Waals surface area contributed by atoms with Gasteiger partial charge in [0.15, 0.2) is 0 Å². The van der Waals surface area contributed by atoms with Crippen LogP contribution in [0.2, 0.25) is 0 Å². The molecule has 0 bridgehead atoms. The zero-order valence-corrected chi connectivity index (χ0v) is 57.3. The molecule has 0 fully saturated rings. The summed E-state index contributed by atoms with van der Waals surface area (Å²) in [7, 11) is 0. The fraction of sp³-hybridized carbons (Fsp3) is 0.937. The molecule has 0 aliphatic carbocycles. The molecule has 83 heavy (non-hydrogen) atoms. The quantitative estimate of drug-likeness (QED) is 0.0420. The van der Waals surface area contributed by atoms with Gasteiger partial charge in [-0.1, -0.05) is 443 Å². The van der Waals surface area contributed by atoms with Crippen LogP contribution in [0.1, 0.15) is 457 Å². The van der Waals surface area contributed by atoms with Crippen molar-refractivity contribution in [3.8, 4) is 0 Å². The Labute approximate surface area is 523 Å². The summed E-state index contributed by atoms with van der Waals surface area (Å²) in [5, 5.41) is 23.3. The molecule has 4 nitrogen and oxygen atoms in total. The van der Waals surface area contributed by atoms with Crippen molar-refractivity contribution < 1.29 is 15.0 Å². The number of aliphatic hydroxyl groups is 2. The zero-order valence-electron chi connectivity index (χ0n) is 57.3. The normalized spacial score (nSPS) is 12.7. The van der Waals surface area contributed by atoms with Crippen LogP contribution in [0, 0.1) is 0 Å². The second-order valence-electron chi connectivity index (χ2n) is 27.1. The highest BCUT2D eigenvalue weighted by Gasteiger charge is 2.18. The highest BCUT2D eigenvalue weighted by atomic mass is 16.3. The third-order valence-electron chi connectivity index (χ3n) is 18.7. The molecule has 0 aromatic rings. The number of nitrogens with one attached hydrogen (secondary N) is 1. The van der Waals surface area contributed by atoms with Crippen molar-refractivity contribution in [3.63, 3.8) is 0 Å². The second kappa shape index (κ2) is 75.1. The average Bonchev–Trinajstić information content (AvgIpc) is 3.50. The molecule has 0 aromatic carbocycles. The van der Waals surface area contributed by atoms with E-state index in [1.807, 2.05) is 6.08 Å². The summed E-state index contributed by atoms with van der Waals surface area (Å²) in [6.07, 6.45) is 103. The van der Waals surface area contributed by atoms with Crippen LogP contribution in [0.25, 0.3) is 0 Å². The lowest BCUT2D eigenvalue weighted by Crippen LogP contribution is -2.45. The van der Waals surface area contributed by atoms with Crippen molar-refractivity contribution in [2.75, 3.05) is 6.61 Å². The van der Waals surface area contributed by atoms with Crippen molar-refractivity contribution in [2.45, 2.75) is 469 Å². The number of aliphatic hydroxyl groups excluding tert-OH is 2. The Morgan fingerprint density at radius 1 is 0.277 bits per heavy atom. The Kier molecular flexibility index (Phi) is 74.1. The van der Waals surface area contributed by atoms with Gasteiger partial charge in [-0.15, -0.1) is 0 Å². The Morgan fingerprint density at radius 2 is 0.470 bits per heavy atom. The average molecular weight is 1170 g/mol. The molecule has 0 spiro atoms. The predicted octanol–water partition coefficient (Wildman–Crippen LogP) is 26.9. The molecule has 0 aromatic heterocycles. The van der Waals surface area contributed by atoms with Crippen molar-refractivity contribution in [2.24, 2.45) is 0 Å². The van der Waals surface area contributed by atoms with E-state index in [-0.39, 0.29) is 12.5 Å². The second-order valence-corrected chi connectivity index (χ2v) is 27.1. The molecule has 0 aliphatic heterocycles. The lowest BCUT2D eigenvalue weighted by atomic mass is 10.0. The molecule has 1 amide bonds. The molecular formula is C79H155NO3. The van der Waals surface area contributed by atoms with E-state index in [4.69, 9.17) is 0 Å². The summed E-state index contributed by atoms with van der Waals surface area (Å²) in [6.45, 7) is 4.36. The molecule has 2 atom stereocenters. The third kappa shape index (κ3) is 71.5. The molecule has 494 valence electrons. The highest BCUT2D eigenvalue weighted by Crippen LogP contribution is 2.20. The Hall–Kier alpha value is -1.13. The summed E-state index contributed by atoms with van der Waals surface area (Å²) in [5.41, 5.74) is 0. The third-order valence-corrected chi connectivity index (χ3v) is 18.7. The maximum atomic E-state index is 12.6. The highest BCUT2D eigenvalue weighted by molar-refractivity contribution is 5.76. The predicted molar refractivity (Wildman–Crippen MR) is 373 cm³/mol. The van der Waals surface area contributed by atoms with Crippen LogP contribution in [0.5, 0.6) is 0 Å². The van der Waals surface area contributed by atoms with E-state index < -0.39 is 12.1 Å². The van der Waals surface area contributed by atoms with Crippen LogP contribution in [0.3, 0.4) is 0 Å². The van der Waals surface area contributed by atoms with Gasteiger partial charge in [-0.3, -0.25) is 4.79 Å². The van der Waals surface area contributed by atoms with Gasteiger partial charge >= 0.3 is 0 Å². The molecular weight excluding hydrogens is 1010 g/mol. The van der Waals surface area contributed by atoms with Crippen LogP contribution in [-0.4, -0.2) is 34.9 Å². The SMILES string of the molecule is CCCCCCCCCCCCCCCCCCCCCCCCCCCCC/C=C/CC/C=C/C(O)C(CO)NC(=O)CCCCCCCCCCCCCCCCCCCCCCCCCCCCCCCCCCCCCCCC. The van der Waals surface area contributed by atoms with Crippen LogP contribution in [0.4, 0.5) is 0 Å². The monoisotopic (exact) mass is 1170 g/mol. The van der Waals surface area contributed by atoms with E-state index in [0.29, 0.717) is 6.42 Å². The summed E-state index contributed by atoms with van der Waals surface area (Å²) >= 11 is 0. The molecule has 0 rings (SSSR count). The van der Waals surface area contributed by atoms with Gasteiger partial charge in [0.05, 0.1) is 18.8 Å². The number of carbonyl (C=O) groups is 1. The number of hydrogen-bond acceptors (Lipinski definition) is 3. The van der Waals surface area contributed by atoms with Crippen molar-refractivity contribution >= 4 is 5.91 Å².